The van der Waals surface area contributed by atoms with Gasteiger partial charge in [-0.2, -0.15) is 5.26 Å². The Morgan fingerprint density at radius 3 is 3.00 bits per heavy atom. The van der Waals surface area contributed by atoms with E-state index < -0.39 is 0 Å². The lowest BCUT2D eigenvalue weighted by molar-refractivity contribution is 0.933. The molecule has 0 bridgehead atoms. The van der Waals surface area contributed by atoms with E-state index in [1.54, 1.807) is 22.8 Å². The molecule has 70 valence electrons. The number of hydrogen-bond donors (Lipinski definition) is 1. The van der Waals surface area contributed by atoms with Gasteiger partial charge in [-0.3, -0.25) is 14.4 Å². The van der Waals surface area contributed by atoms with Gasteiger partial charge in [0.2, 0.25) is 0 Å². The molecule has 1 N–H and O–H groups in total. The predicted octanol–water partition coefficient (Wildman–Crippen LogP) is 1.06. The maximum atomic E-state index is 11.4. The molecular weight excluding hydrogens is 178 g/mol. The Labute approximate surface area is 80.4 Å². The Morgan fingerprint density at radius 1 is 1.57 bits per heavy atom. The van der Waals surface area contributed by atoms with Crippen LogP contribution < -0.4 is 5.56 Å². The molecule has 2 aromatic heterocycles. The summed E-state index contributed by atoms with van der Waals surface area (Å²) < 4.78 is 1.60. The smallest absolute Gasteiger partial charge is 0.268 e. The summed E-state index contributed by atoms with van der Waals surface area (Å²) in [7, 11) is 0. The molecule has 2 aromatic rings. The quantitative estimate of drug-likeness (QED) is 0.725. The zero-order valence-electron chi connectivity index (χ0n) is 7.74. The van der Waals surface area contributed by atoms with E-state index in [4.69, 9.17) is 5.26 Å². The molecule has 0 aliphatic rings. The van der Waals surface area contributed by atoms with Crippen LogP contribution in [0.4, 0.5) is 0 Å². The van der Waals surface area contributed by atoms with Crippen LogP contribution in [0.25, 0.3) is 5.52 Å². The zero-order valence-corrected chi connectivity index (χ0v) is 7.74. The van der Waals surface area contributed by atoms with E-state index in [1.807, 2.05) is 13.0 Å². The number of pyridine rings is 1. The van der Waals surface area contributed by atoms with Crippen molar-refractivity contribution in [3.05, 3.63) is 39.8 Å². The minimum absolute atomic E-state index is 0.0809. The maximum Gasteiger partial charge on any atom is 0.268 e. The van der Waals surface area contributed by atoms with Crippen molar-refractivity contribution in [1.29, 1.82) is 5.26 Å². The fraction of sp³-hybridized carbons (Fsp3) is 0.200. The Morgan fingerprint density at radius 2 is 2.36 bits per heavy atom. The van der Waals surface area contributed by atoms with Crippen molar-refractivity contribution in [3.63, 3.8) is 0 Å². The van der Waals surface area contributed by atoms with Crippen LogP contribution in [0.2, 0.25) is 0 Å². The van der Waals surface area contributed by atoms with Crippen LogP contribution in [0.15, 0.2) is 23.1 Å². The molecule has 0 saturated carbocycles. The number of aromatic nitrogens is 2. The lowest BCUT2D eigenvalue weighted by Gasteiger charge is -1.95. The largest absolute Gasteiger partial charge is 0.268 e. The molecule has 0 spiro atoms. The lowest BCUT2D eigenvalue weighted by Crippen LogP contribution is -2.04. The number of nitriles is 1. The van der Waals surface area contributed by atoms with Gasteiger partial charge in [0.15, 0.2) is 0 Å². The molecule has 4 nitrogen and oxygen atoms in total. The molecule has 0 aliphatic heterocycles. The number of aromatic amines is 1. The van der Waals surface area contributed by atoms with Gasteiger partial charge in [0.05, 0.1) is 11.1 Å². The summed E-state index contributed by atoms with van der Waals surface area (Å²) in [4.78, 5) is 11.4. The minimum Gasteiger partial charge on any atom is -0.268 e. The van der Waals surface area contributed by atoms with Crippen LogP contribution in [0.3, 0.4) is 0 Å². The molecule has 0 aliphatic carbocycles. The van der Waals surface area contributed by atoms with Crippen molar-refractivity contribution < 1.29 is 0 Å². The Hall–Kier alpha value is -2.02. The highest BCUT2D eigenvalue weighted by molar-refractivity contribution is 5.55. The molecule has 2 rings (SSSR count). The predicted molar refractivity (Wildman–Crippen MR) is 52.1 cm³/mol. The fourth-order valence-corrected chi connectivity index (χ4v) is 1.54. The van der Waals surface area contributed by atoms with E-state index in [0.29, 0.717) is 12.0 Å². The van der Waals surface area contributed by atoms with Gasteiger partial charge in [0.25, 0.3) is 5.56 Å². The fourth-order valence-electron chi connectivity index (χ4n) is 1.54. The molecule has 4 heteroatoms. The van der Waals surface area contributed by atoms with Crippen LogP contribution >= 0.6 is 0 Å². The number of aryl methyl sites for hydroxylation is 1. The number of H-pyrrole nitrogens is 1. The van der Waals surface area contributed by atoms with Gasteiger partial charge in [-0.15, -0.1) is 0 Å². The highest BCUT2D eigenvalue weighted by Gasteiger charge is 2.06. The topological polar surface area (TPSA) is 61.1 Å². The van der Waals surface area contributed by atoms with Crippen molar-refractivity contribution in [2.45, 2.75) is 13.3 Å². The molecular formula is C10H9N3O. The number of nitrogens with one attached hydrogen (secondary N) is 1. The molecule has 0 saturated heterocycles. The SMILES string of the molecule is CCc1c(=O)[nH]n2cc(C#N)ccc12. The third kappa shape index (κ3) is 1.11. The first-order chi connectivity index (χ1) is 6.76. The van der Waals surface area contributed by atoms with Crippen LogP contribution in [0.5, 0.6) is 0 Å². The third-order valence-corrected chi connectivity index (χ3v) is 2.24. The highest BCUT2D eigenvalue weighted by Crippen LogP contribution is 2.08. The zero-order chi connectivity index (χ0) is 10.1. The van der Waals surface area contributed by atoms with Crippen molar-refractivity contribution in [2.75, 3.05) is 0 Å². The molecule has 0 atom stereocenters. The number of hydrogen-bond acceptors (Lipinski definition) is 2. The summed E-state index contributed by atoms with van der Waals surface area (Å²) in [5.41, 5.74) is 2.06. The first-order valence-electron chi connectivity index (χ1n) is 4.39. The Kier molecular flexibility index (Phi) is 1.86. The molecule has 0 amide bonds. The van der Waals surface area contributed by atoms with Gasteiger partial charge in [0.1, 0.15) is 6.07 Å². The van der Waals surface area contributed by atoms with E-state index >= 15 is 0 Å². The Balaban J connectivity index is 2.83. The molecule has 0 fully saturated rings. The van der Waals surface area contributed by atoms with Crippen LogP contribution in [-0.4, -0.2) is 9.61 Å². The van der Waals surface area contributed by atoms with Crippen LogP contribution in [0.1, 0.15) is 18.1 Å². The second-order valence-corrected chi connectivity index (χ2v) is 3.06. The summed E-state index contributed by atoms with van der Waals surface area (Å²) in [5, 5.41) is 11.3. The van der Waals surface area contributed by atoms with Gasteiger partial charge >= 0.3 is 0 Å². The number of fused-ring (bicyclic) bond motifs is 1. The van der Waals surface area contributed by atoms with Gasteiger partial charge in [0, 0.05) is 11.8 Å². The molecule has 0 radical (unpaired) electrons. The van der Waals surface area contributed by atoms with E-state index in [0.717, 1.165) is 11.1 Å². The van der Waals surface area contributed by atoms with Crippen molar-refractivity contribution in [3.8, 4) is 6.07 Å². The van der Waals surface area contributed by atoms with E-state index in [1.165, 1.54) is 0 Å². The summed E-state index contributed by atoms with van der Waals surface area (Å²) in [5.74, 6) is 0. The van der Waals surface area contributed by atoms with Crippen LogP contribution in [-0.2, 0) is 6.42 Å². The van der Waals surface area contributed by atoms with Crippen LogP contribution in [0, 0.1) is 11.3 Å². The summed E-state index contributed by atoms with van der Waals surface area (Å²) in [6, 6.07) is 5.52. The normalized spacial score (nSPS) is 10.3. The van der Waals surface area contributed by atoms with Crippen molar-refractivity contribution in [2.24, 2.45) is 0 Å². The molecule has 2 heterocycles. The molecule has 0 aromatic carbocycles. The first-order valence-corrected chi connectivity index (χ1v) is 4.39. The average Bonchev–Trinajstić information content (AvgIpc) is 2.51. The second-order valence-electron chi connectivity index (χ2n) is 3.06. The van der Waals surface area contributed by atoms with Crippen molar-refractivity contribution >= 4 is 5.52 Å². The van der Waals surface area contributed by atoms with Gasteiger partial charge in [-0.25, -0.2) is 0 Å². The standard InChI is InChI=1S/C10H9N3O/c1-2-8-9-4-3-7(5-11)6-13(9)12-10(8)14/h3-4,6H,2H2,1H3,(H,12,14). The first kappa shape index (κ1) is 8.57. The van der Waals surface area contributed by atoms with Crippen molar-refractivity contribution in [1.82, 2.24) is 9.61 Å². The monoisotopic (exact) mass is 187 g/mol. The third-order valence-electron chi connectivity index (χ3n) is 2.24. The lowest BCUT2D eigenvalue weighted by atomic mass is 10.2. The number of rotatable bonds is 1. The number of nitrogens with zero attached hydrogens (tertiary/aromatic N) is 2. The minimum atomic E-state index is -0.0809. The Bertz CT molecular complexity index is 571. The average molecular weight is 187 g/mol. The summed E-state index contributed by atoms with van der Waals surface area (Å²) >= 11 is 0. The van der Waals surface area contributed by atoms with Gasteiger partial charge in [-0.05, 0) is 18.6 Å². The second kappa shape index (κ2) is 3.04. The summed E-state index contributed by atoms with van der Waals surface area (Å²) in [6.45, 7) is 1.93. The van der Waals surface area contributed by atoms with Gasteiger partial charge in [-0.1, -0.05) is 6.92 Å². The molecule has 0 unspecified atom stereocenters. The van der Waals surface area contributed by atoms with Gasteiger partial charge < -0.3 is 0 Å². The highest BCUT2D eigenvalue weighted by atomic mass is 16.1. The maximum absolute atomic E-state index is 11.4. The molecule has 14 heavy (non-hydrogen) atoms. The summed E-state index contributed by atoms with van der Waals surface area (Å²) in [6.07, 6.45) is 2.31. The van der Waals surface area contributed by atoms with E-state index in [-0.39, 0.29) is 5.56 Å². The van der Waals surface area contributed by atoms with E-state index in [2.05, 4.69) is 5.10 Å². The van der Waals surface area contributed by atoms with E-state index in [9.17, 15) is 4.79 Å².